The molecule has 0 aliphatic carbocycles. The quantitative estimate of drug-likeness (QED) is 0.746. The highest BCUT2D eigenvalue weighted by atomic mass is 16.3. The van der Waals surface area contributed by atoms with Gasteiger partial charge in [-0.2, -0.15) is 5.10 Å². The summed E-state index contributed by atoms with van der Waals surface area (Å²) in [4.78, 5) is 13.1. The summed E-state index contributed by atoms with van der Waals surface area (Å²) in [6.45, 7) is 3.07. The average molecular weight is 252 g/mol. The predicted octanol–water partition coefficient (Wildman–Crippen LogP) is -0.415. The Kier molecular flexibility index (Phi) is 3.98. The van der Waals surface area contributed by atoms with Crippen molar-refractivity contribution in [3.05, 3.63) is 18.5 Å². The van der Waals surface area contributed by atoms with Crippen LogP contribution in [0.2, 0.25) is 0 Å². The van der Waals surface area contributed by atoms with E-state index in [1.165, 1.54) is 0 Å². The molecular weight excluding hydrogens is 232 g/mol. The van der Waals surface area contributed by atoms with Gasteiger partial charge in [0.1, 0.15) is 0 Å². The Bertz CT molecular complexity index is 393. The molecule has 2 rings (SSSR count). The minimum Gasteiger partial charge on any atom is -0.388 e. The Labute approximate surface area is 106 Å². The highest BCUT2D eigenvalue weighted by Crippen LogP contribution is 2.24. The van der Waals surface area contributed by atoms with Gasteiger partial charge in [-0.15, -0.1) is 0 Å². The Morgan fingerprint density at radius 2 is 2.33 bits per heavy atom. The summed E-state index contributed by atoms with van der Waals surface area (Å²) in [6.07, 6.45) is 5.25. The first-order valence-electron chi connectivity index (χ1n) is 6.28. The zero-order valence-electron chi connectivity index (χ0n) is 10.5. The Morgan fingerprint density at radius 1 is 1.50 bits per heavy atom. The first-order chi connectivity index (χ1) is 8.57. The summed E-state index contributed by atoms with van der Waals surface area (Å²) in [6, 6.07) is 1.89. The number of aromatic nitrogens is 2. The number of carbonyl (C=O) groups excluding carboxylic acids is 1. The molecule has 18 heavy (non-hydrogen) atoms. The second-order valence-electron chi connectivity index (χ2n) is 5.02. The molecular formula is C12H20N4O2. The lowest BCUT2D eigenvalue weighted by Gasteiger charge is -2.38. The van der Waals surface area contributed by atoms with Crippen LogP contribution in [0.5, 0.6) is 0 Å². The number of nitrogens with two attached hydrogens (primary N) is 1. The third-order valence-electron chi connectivity index (χ3n) is 3.34. The summed E-state index contributed by atoms with van der Waals surface area (Å²) < 4.78 is 1.86. The van der Waals surface area contributed by atoms with E-state index < -0.39 is 11.5 Å². The molecule has 1 saturated heterocycles. The van der Waals surface area contributed by atoms with Crippen LogP contribution in [-0.4, -0.2) is 50.9 Å². The van der Waals surface area contributed by atoms with Gasteiger partial charge in [-0.1, -0.05) is 0 Å². The highest BCUT2D eigenvalue weighted by molar-refractivity contribution is 5.75. The Balaban J connectivity index is 1.84. The van der Waals surface area contributed by atoms with Crippen molar-refractivity contribution < 1.29 is 9.90 Å². The third kappa shape index (κ3) is 3.54. The maximum atomic E-state index is 11.0. The first kappa shape index (κ1) is 13.0. The Morgan fingerprint density at radius 3 is 3.00 bits per heavy atom. The van der Waals surface area contributed by atoms with Crippen LogP contribution in [0.25, 0.3) is 0 Å². The third-order valence-corrected chi connectivity index (χ3v) is 3.34. The first-order valence-corrected chi connectivity index (χ1v) is 6.28. The lowest BCUT2D eigenvalue weighted by atomic mass is 9.89. The number of carbonyl (C=O) groups is 1. The highest BCUT2D eigenvalue weighted by Gasteiger charge is 2.34. The van der Waals surface area contributed by atoms with Crippen LogP contribution in [0.3, 0.4) is 0 Å². The average Bonchev–Trinajstić information content (AvgIpc) is 2.77. The van der Waals surface area contributed by atoms with Gasteiger partial charge in [0.15, 0.2) is 0 Å². The molecule has 0 aromatic carbocycles. The molecule has 6 heteroatoms. The maximum absolute atomic E-state index is 11.0. The number of nitrogens with zero attached hydrogens (tertiary/aromatic N) is 3. The monoisotopic (exact) mass is 252 g/mol. The van der Waals surface area contributed by atoms with Gasteiger partial charge in [-0.3, -0.25) is 14.4 Å². The van der Waals surface area contributed by atoms with Gasteiger partial charge in [-0.05, 0) is 25.5 Å². The molecule has 1 aliphatic heterocycles. The van der Waals surface area contributed by atoms with E-state index in [-0.39, 0.29) is 6.42 Å². The standard InChI is InChI=1S/C12H20N4O2/c13-11(17)9-12(18)3-1-5-15(10-12)7-8-16-6-2-4-14-16/h2,4,6,18H,1,3,5,7-10H2,(H2,13,17). The number of rotatable bonds is 5. The molecule has 1 amide bonds. The van der Waals surface area contributed by atoms with E-state index in [9.17, 15) is 9.90 Å². The van der Waals surface area contributed by atoms with Gasteiger partial charge < -0.3 is 10.8 Å². The van der Waals surface area contributed by atoms with Gasteiger partial charge in [0.05, 0.1) is 18.6 Å². The van der Waals surface area contributed by atoms with E-state index in [0.29, 0.717) is 13.0 Å². The summed E-state index contributed by atoms with van der Waals surface area (Å²) in [5.41, 5.74) is 4.22. The molecule has 1 unspecified atom stereocenters. The number of aliphatic hydroxyl groups is 1. The summed E-state index contributed by atoms with van der Waals surface area (Å²) >= 11 is 0. The zero-order valence-corrected chi connectivity index (χ0v) is 10.5. The smallest absolute Gasteiger partial charge is 0.220 e. The molecule has 100 valence electrons. The van der Waals surface area contributed by atoms with Crippen molar-refractivity contribution in [2.75, 3.05) is 19.6 Å². The van der Waals surface area contributed by atoms with Crippen LogP contribution in [0.4, 0.5) is 0 Å². The molecule has 1 aromatic rings. The van der Waals surface area contributed by atoms with E-state index in [1.807, 2.05) is 16.9 Å². The van der Waals surface area contributed by atoms with Crippen LogP contribution < -0.4 is 5.73 Å². The predicted molar refractivity (Wildman–Crippen MR) is 66.7 cm³/mol. The fourth-order valence-corrected chi connectivity index (χ4v) is 2.54. The van der Waals surface area contributed by atoms with Crippen LogP contribution in [0.15, 0.2) is 18.5 Å². The van der Waals surface area contributed by atoms with Crippen molar-refractivity contribution in [3.63, 3.8) is 0 Å². The van der Waals surface area contributed by atoms with Gasteiger partial charge in [0, 0.05) is 25.5 Å². The fraction of sp³-hybridized carbons (Fsp3) is 0.667. The fourth-order valence-electron chi connectivity index (χ4n) is 2.54. The minimum absolute atomic E-state index is 0.0469. The summed E-state index contributed by atoms with van der Waals surface area (Å²) in [7, 11) is 0. The van der Waals surface area contributed by atoms with Crippen molar-refractivity contribution in [1.29, 1.82) is 0 Å². The molecule has 0 spiro atoms. The number of piperidine rings is 1. The minimum atomic E-state index is -0.950. The van der Waals surface area contributed by atoms with E-state index in [0.717, 1.165) is 26.1 Å². The Hall–Kier alpha value is -1.40. The summed E-state index contributed by atoms with van der Waals surface area (Å²) in [5.74, 6) is -0.438. The molecule has 2 heterocycles. The molecule has 6 nitrogen and oxygen atoms in total. The molecule has 1 aliphatic rings. The number of likely N-dealkylation sites (tertiary alicyclic amines) is 1. The van der Waals surface area contributed by atoms with E-state index in [2.05, 4.69) is 10.00 Å². The van der Waals surface area contributed by atoms with E-state index in [1.54, 1.807) is 6.20 Å². The number of amides is 1. The molecule has 1 aromatic heterocycles. The number of hydrogen-bond donors (Lipinski definition) is 2. The topological polar surface area (TPSA) is 84.4 Å². The molecule has 0 saturated carbocycles. The summed E-state index contributed by atoms with van der Waals surface area (Å²) in [5, 5.41) is 14.4. The van der Waals surface area contributed by atoms with Gasteiger partial charge in [0.2, 0.25) is 5.91 Å². The lowest BCUT2D eigenvalue weighted by molar-refractivity contribution is -0.125. The normalized spacial score (nSPS) is 25.2. The molecule has 1 fully saturated rings. The van der Waals surface area contributed by atoms with Gasteiger partial charge in [0.25, 0.3) is 0 Å². The van der Waals surface area contributed by atoms with Crippen LogP contribution >= 0.6 is 0 Å². The number of hydrogen-bond acceptors (Lipinski definition) is 4. The van der Waals surface area contributed by atoms with E-state index >= 15 is 0 Å². The number of primary amides is 1. The SMILES string of the molecule is NC(=O)CC1(O)CCCN(CCn2cccn2)C1. The zero-order chi connectivity index (χ0) is 13.0. The molecule has 0 bridgehead atoms. The largest absolute Gasteiger partial charge is 0.388 e. The second-order valence-corrected chi connectivity index (χ2v) is 5.02. The van der Waals surface area contributed by atoms with Crippen molar-refractivity contribution in [2.24, 2.45) is 5.73 Å². The number of β-amino-alcohol motifs (C(OH)–C–C–N with tert-alkyl or cyclic N) is 1. The van der Waals surface area contributed by atoms with Crippen molar-refractivity contribution in [1.82, 2.24) is 14.7 Å². The van der Waals surface area contributed by atoms with Crippen LogP contribution in [-0.2, 0) is 11.3 Å². The van der Waals surface area contributed by atoms with Crippen molar-refractivity contribution in [3.8, 4) is 0 Å². The van der Waals surface area contributed by atoms with Gasteiger partial charge in [-0.25, -0.2) is 0 Å². The molecule has 3 N–H and O–H groups in total. The second kappa shape index (κ2) is 5.49. The molecule has 0 radical (unpaired) electrons. The van der Waals surface area contributed by atoms with Crippen molar-refractivity contribution >= 4 is 5.91 Å². The van der Waals surface area contributed by atoms with E-state index in [4.69, 9.17) is 5.73 Å². The molecule has 1 atom stereocenters. The van der Waals surface area contributed by atoms with Gasteiger partial charge >= 0.3 is 0 Å². The maximum Gasteiger partial charge on any atom is 0.220 e. The van der Waals surface area contributed by atoms with Crippen molar-refractivity contribution in [2.45, 2.75) is 31.4 Å². The van der Waals surface area contributed by atoms with Crippen LogP contribution in [0, 0.1) is 0 Å². The lowest BCUT2D eigenvalue weighted by Crippen LogP contribution is -2.50. The van der Waals surface area contributed by atoms with Crippen LogP contribution in [0.1, 0.15) is 19.3 Å².